The Bertz CT molecular complexity index is 721. The van der Waals surface area contributed by atoms with Crippen molar-refractivity contribution < 1.29 is 14.6 Å². The highest BCUT2D eigenvalue weighted by Gasteiger charge is 2.19. The van der Waals surface area contributed by atoms with Crippen LogP contribution < -0.4 is 5.43 Å². The molecule has 0 aliphatic rings. The molecule has 0 heterocycles. The van der Waals surface area contributed by atoms with Crippen molar-refractivity contribution in [3.05, 3.63) is 62.5 Å². The molecule has 23 heavy (non-hydrogen) atoms. The van der Waals surface area contributed by atoms with Crippen LogP contribution in [0.5, 0.6) is 5.75 Å². The highest BCUT2D eigenvalue weighted by atomic mass is 79.9. The second kappa shape index (κ2) is 8.24. The molecule has 0 aliphatic carbocycles. The zero-order valence-corrected chi connectivity index (χ0v) is 15.3. The summed E-state index contributed by atoms with van der Waals surface area (Å²) >= 11 is 6.56. The van der Waals surface area contributed by atoms with Gasteiger partial charge in [-0.3, -0.25) is 4.79 Å². The standard InChI is InChI=1S/C16H14Br2N2O3/c1-23-15(10-5-3-2-4-6-10)16(22)20-19-9-11-7-12(17)8-13(18)14(11)21/h2-9,15,21H,1H3,(H,20,22). The average molecular weight is 442 g/mol. The first kappa shape index (κ1) is 17.7. The average Bonchev–Trinajstić information content (AvgIpc) is 2.53. The van der Waals surface area contributed by atoms with Crippen LogP contribution >= 0.6 is 31.9 Å². The second-order valence-corrected chi connectivity index (χ2v) is 6.36. The molecular weight excluding hydrogens is 428 g/mol. The van der Waals surface area contributed by atoms with E-state index in [1.165, 1.54) is 13.3 Å². The fourth-order valence-corrected chi connectivity index (χ4v) is 3.19. The van der Waals surface area contributed by atoms with Crippen molar-refractivity contribution in [1.29, 1.82) is 0 Å². The Morgan fingerprint density at radius 1 is 1.30 bits per heavy atom. The molecule has 0 bridgehead atoms. The molecule has 1 atom stereocenters. The number of methoxy groups -OCH3 is 1. The summed E-state index contributed by atoms with van der Waals surface area (Å²) < 4.78 is 6.51. The predicted octanol–water partition coefficient (Wildman–Crippen LogP) is 3.76. The molecule has 0 radical (unpaired) electrons. The summed E-state index contributed by atoms with van der Waals surface area (Å²) in [4.78, 5) is 12.2. The number of aromatic hydroxyl groups is 1. The summed E-state index contributed by atoms with van der Waals surface area (Å²) in [6, 6.07) is 12.5. The van der Waals surface area contributed by atoms with Gasteiger partial charge in [0.15, 0.2) is 6.10 Å². The van der Waals surface area contributed by atoms with Crippen molar-refractivity contribution in [1.82, 2.24) is 5.43 Å². The third kappa shape index (κ3) is 4.63. The first-order valence-corrected chi connectivity index (χ1v) is 8.20. The zero-order chi connectivity index (χ0) is 16.8. The third-order valence-corrected chi connectivity index (χ3v) is 4.07. The first-order valence-electron chi connectivity index (χ1n) is 6.61. The molecule has 0 saturated heterocycles. The summed E-state index contributed by atoms with van der Waals surface area (Å²) in [6.45, 7) is 0. The van der Waals surface area contributed by atoms with Gasteiger partial charge < -0.3 is 9.84 Å². The van der Waals surface area contributed by atoms with Gasteiger partial charge in [0.05, 0.1) is 10.7 Å². The molecular formula is C16H14Br2N2O3. The summed E-state index contributed by atoms with van der Waals surface area (Å²) in [5.74, 6) is -0.360. The lowest BCUT2D eigenvalue weighted by Crippen LogP contribution is -2.26. The molecule has 2 aromatic rings. The number of phenolic OH excluding ortho intramolecular Hbond substituents is 1. The number of ether oxygens (including phenoxy) is 1. The maximum absolute atomic E-state index is 12.2. The van der Waals surface area contributed by atoms with E-state index in [2.05, 4.69) is 42.4 Å². The van der Waals surface area contributed by atoms with Crippen LogP contribution in [-0.4, -0.2) is 24.3 Å². The van der Waals surface area contributed by atoms with Crippen LogP contribution in [0.15, 0.2) is 56.5 Å². The second-order valence-electron chi connectivity index (χ2n) is 4.59. The van der Waals surface area contributed by atoms with Crippen molar-refractivity contribution in [2.75, 3.05) is 7.11 Å². The van der Waals surface area contributed by atoms with Crippen LogP contribution in [0.1, 0.15) is 17.2 Å². The number of hydrogen-bond donors (Lipinski definition) is 2. The van der Waals surface area contributed by atoms with Crippen molar-refractivity contribution in [3.63, 3.8) is 0 Å². The maximum Gasteiger partial charge on any atom is 0.273 e. The van der Waals surface area contributed by atoms with Gasteiger partial charge in [-0.2, -0.15) is 5.10 Å². The van der Waals surface area contributed by atoms with Crippen molar-refractivity contribution in [2.45, 2.75) is 6.10 Å². The van der Waals surface area contributed by atoms with Gasteiger partial charge in [0, 0.05) is 17.1 Å². The van der Waals surface area contributed by atoms with Gasteiger partial charge in [0.1, 0.15) is 5.75 Å². The van der Waals surface area contributed by atoms with E-state index in [1.807, 2.05) is 18.2 Å². The Kier molecular flexibility index (Phi) is 6.32. The Labute approximate surface area is 150 Å². The number of hydrogen-bond acceptors (Lipinski definition) is 4. The quantitative estimate of drug-likeness (QED) is 0.548. The Morgan fingerprint density at radius 2 is 2.00 bits per heavy atom. The summed E-state index contributed by atoms with van der Waals surface area (Å²) in [6.07, 6.45) is 0.608. The van der Waals surface area contributed by atoms with E-state index >= 15 is 0 Å². The summed E-state index contributed by atoms with van der Waals surface area (Å²) in [7, 11) is 1.46. The molecule has 2 rings (SSSR count). The van der Waals surface area contributed by atoms with Crippen molar-refractivity contribution >= 4 is 44.0 Å². The normalized spacial score (nSPS) is 12.3. The fraction of sp³-hybridized carbons (Fsp3) is 0.125. The first-order chi connectivity index (χ1) is 11.0. The van der Waals surface area contributed by atoms with Crippen LogP contribution in [0, 0.1) is 0 Å². The monoisotopic (exact) mass is 440 g/mol. The number of benzene rings is 2. The number of amides is 1. The number of carbonyl (C=O) groups excluding carboxylic acids is 1. The summed E-state index contributed by atoms with van der Waals surface area (Å²) in [5, 5.41) is 13.8. The number of carbonyl (C=O) groups is 1. The minimum Gasteiger partial charge on any atom is -0.506 e. The van der Waals surface area contributed by atoms with E-state index in [9.17, 15) is 9.90 Å². The van der Waals surface area contributed by atoms with Crippen LogP contribution in [0.2, 0.25) is 0 Å². The van der Waals surface area contributed by atoms with Gasteiger partial charge in [0.25, 0.3) is 5.91 Å². The third-order valence-electron chi connectivity index (χ3n) is 3.01. The number of nitrogens with one attached hydrogen (secondary N) is 1. The molecule has 0 aromatic heterocycles. The van der Waals surface area contributed by atoms with Crippen LogP contribution in [-0.2, 0) is 9.53 Å². The maximum atomic E-state index is 12.2. The molecule has 2 N–H and O–H groups in total. The van der Waals surface area contributed by atoms with Gasteiger partial charge in [-0.05, 0) is 33.6 Å². The van der Waals surface area contributed by atoms with Crippen LogP contribution in [0.25, 0.3) is 0 Å². The van der Waals surface area contributed by atoms with E-state index < -0.39 is 12.0 Å². The lowest BCUT2D eigenvalue weighted by molar-refractivity contribution is -0.131. The van der Waals surface area contributed by atoms with E-state index in [-0.39, 0.29) is 5.75 Å². The number of nitrogens with zero attached hydrogens (tertiary/aromatic N) is 1. The van der Waals surface area contributed by atoms with Crippen LogP contribution in [0.3, 0.4) is 0 Å². The lowest BCUT2D eigenvalue weighted by Gasteiger charge is -2.13. The molecule has 1 unspecified atom stereocenters. The minimum atomic E-state index is -0.754. The molecule has 1 amide bonds. The zero-order valence-electron chi connectivity index (χ0n) is 12.2. The van der Waals surface area contributed by atoms with Gasteiger partial charge >= 0.3 is 0 Å². The molecule has 0 saturated carbocycles. The number of halogens is 2. The fourth-order valence-electron chi connectivity index (χ4n) is 1.93. The van der Waals surface area contributed by atoms with Crippen molar-refractivity contribution in [2.24, 2.45) is 5.10 Å². The smallest absolute Gasteiger partial charge is 0.273 e. The SMILES string of the molecule is COC(C(=O)NN=Cc1cc(Br)cc(Br)c1O)c1ccccc1. The van der Waals surface area contributed by atoms with Gasteiger partial charge in [-0.1, -0.05) is 46.3 Å². The van der Waals surface area contributed by atoms with Gasteiger partial charge in [-0.25, -0.2) is 5.43 Å². The molecule has 7 heteroatoms. The minimum absolute atomic E-state index is 0.0394. The number of hydrazone groups is 1. The Balaban J connectivity index is 2.09. The largest absolute Gasteiger partial charge is 0.506 e. The van der Waals surface area contributed by atoms with E-state index in [4.69, 9.17) is 4.74 Å². The summed E-state index contributed by atoms with van der Waals surface area (Å²) in [5.41, 5.74) is 3.60. The van der Waals surface area contributed by atoms with E-state index in [0.29, 0.717) is 10.0 Å². The molecule has 2 aromatic carbocycles. The Hall–Kier alpha value is -1.70. The predicted molar refractivity (Wildman–Crippen MR) is 95.4 cm³/mol. The molecule has 120 valence electrons. The van der Waals surface area contributed by atoms with Gasteiger partial charge in [0.2, 0.25) is 0 Å². The van der Waals surface area contributed by atoms with Crippen molar-refractivity contribution in [3.8, 4) is 5.75 Å². The number of phenols is 1. The Morgan fingerprint density at radius 3 is 2.65 bits per heavy atom. The highest BCUT2D eigenvalue weighted by molar-refractivity contribution is 9.11. The molecule has 0 spiro atoms. The molecule has 0 fully saturated rings. The van der Waals surface area contributed by atoms with Gasteiger partial charge in [-0.15, -0.1) is 0 Å². The van der Waals surface area contributed by atoms with E-state index in [1.54, 1.807) is 24.3 Å². The molecule has 5 nitrogen and oxygen atoms in total. The molecule has 0 aliphatic heterocycles. The highest BCUT2D eigenvalue weighted by Crippen LogP contribution is 2.30. The lowest BCUT2D eigenvalue weighted by atomic mass is 10.1. The van der Waals surface area contributed by atoms with E-state index in [0.717, 1.165) is 10.0 Å². The number of rotatable bonds is 5. The topological polar surface area (TPSA) is 70.9 Å². The van der Waals surface area contributed by atoms with Crippen LogP contribution in [0.4, 0.5) is 0 Å².